The highest BCUT2D eigenvalue weighted by Crippen LogP contribution is 2.27. The third kappa shape index (κ3) is 2.81. The number of nitrogens with zero attached hydrogens (tertiary/aromatic N) is 3. The summed E-state index contributed by atoms with van der Waals surface area (Å²) in [5.41, 5.74) is 0. The van der Waals surface area contributed by atoms with Gasteiger partial charge in [0.2, 0.25) is 5.95 Å². The predicted molar refractivity (Wildman–Crippen MR) is 73.5 cm³/mol. The lowest BCUT2D eigenvalue weighted by molar-refractivity contribution is 0.386. The lowest BCUT2D eigenvalue weighted by Crippen LogP contribution is -2.42. The summed E-state index contributed by atoms with van der Waals surface area (Å²) in [4.78, 5) is 11.1. The van der Waals surface area contributed by atoms with Crippen LogP contribution in [0.3, 0.4) is 0 Å². The van der Waals surface area contributed by atoms with Crippen molar-refractivity contribution < 1.29 is 0 Å². The quantitative estimate of drug-likeness (QED) is 0.593. The van der Waals surface area contributed by atoms with Gasteiger partial charge in [-0.3, -0.25) is 0 Å². The summed E-state index contributed by atoms with van der Waals surface area (Å²) in [6, 6.07) is 0.655. The van der Waals surface area contributed by atoms with Gasteiger partial charge in [0.05, 0.1) is 0 Å². The monoisotopic (exact) mass is 381 g/mol. The summed E-state index contributed by atoms with van der Waals surface area (Å²) in [5, 5.41) is 0.971. The van der Waals surface area contributed by atoms with Gasteiger partial charge in [-0.05, 0) is 41.9 Å². The second kappa shape index (κ2) is 5.43. The van der Waals surface area contributed by atoms with Crippen LogP contribution in [-0.2, 0) is 0 Å². The molecule has 82 valence electrons. The second-order valence-corrected chi connectivity index (χ2v) is 5.71. The molecule has 5 heteroatoms. The van der Waals surface area contributed by atoms with Crippen molar-refractivity contribution in [2.24, 2.45) is 0 Å². The molecule has 0 radical (unpaired) electrons. The smallest absolute Gasteiger partial charge is 0.225 e. The number of hydrogen-bond donors (Lipinski definition) is 0. The number of aromatic nitrogens is 2. The lowest BCUT2D eigenvalue weighted by atomic mass is 9.92. The van der Waals surface area contributed by atoms with Gasteiger partial charge in [0.25, 0.3) is 0 Å². The molecule has 15 heavy (non-hydrogen) atoms. The minimum Gasteiger partial charge on any atom is -0.337 e. The lowest BCUT2D eigenvalue weighted by Gasteiger charge is -2.37. The zero-order valence-electron chi connectivity index (χ0n) is 8.37. The standard InChI is InChI=1S/C10H13BrIN3/c11-4-5-15(9-2-1-3-9)10-13-6-8(12)7-14-10/h6-7,9H,1-5H2. The minimum atomic E-state index is 0.655. The molecule has 3 nitrogen and oxygen atoms in total. The fraction of sp³-hybridized carbons (Fsp3) is 0.600. The van der Waals surface area contributed by atoms with Crippen LogP contribution in [-0.4, -0.2) is 27.9 Å². The number of alkyl halides is 1. The van der Waals surface area contributed by atoms with Crippen molar-refractivity contribution in [3.05, 3.63) is 16.0 Å². The Balaban J connectivity index is 2.12. The number of halogens is 2. The molecule has 0 bridgehead atoms. The van der Waals surface area contributed by atoms with Crippen molar-refractivity contribution in [2.45, 2.75) is 25.3 Å². The fourth-order valence-corrected chi connectivity index (χ4v) is 2.35. The Bertz CT molecular complexity index is 313. The van der Waals surface area contributed by atoms with E-state index in [1.54, 1.807) is 0 Å². The Kier molecular flexibility index (Phi) is 4.19. The molecule has 2 rings (SSSR count). The third-order valence-electron chi connectivity index (χ3n) is 2.70. The average Bonchev–Trinajstić information content (AvgIpc) is 2.16. The molecule has 0 spiro atoms. The Hall–Kier alpha value is 0.0900. The van der Waals surface area contributed by atoms with E-state index in [2.05, 4.69) is 53.4 Å². The number of hydrogen-bond acceptors (Lipinski definition) is 3. The molecule has 0 N–H and O–H groups in total. The normalized spacial score (nSPS) is 16.1. The Morgan fingerprint density at radius 3 is 2.53 bits per heavy atom. The molecule has 1 aliphatic carbocycles. The van der Waals surface area contributed by atoms with Crippen LogP contribution < -0.4 is 4.90 Å². The van der Waals surface area contributed by atoms with Gasteiger partial charge in [-0.25, -0.2) is 9.97 Å². The van der Waals surface area contributed by atoms with Crippen LogP contribution in [0.15, 0.2) is 12.4 Å². The molecule has 0 aromatic carbocycles. The minimum absolute atomic E-state index is 0.655. The van der Waals surface area contributed by atoms with Gasteiger partial charge in [0, 0.05) is 33.9 Å². The molecule has 1 fully saturated rings. The van der Waals surface area contributed by atoms with Gasteiger partial charge in [0.15, 0.2) is 0 Å². The first kappa shape index (κ1) is 11.6. The Morgan fingerprint density at radius 2 is 2.07 bits per heavy atom. The van der Waals surface area contributed by atoms with Crippen molar-refractivity contribution in [3.63, 3.8) is 0 Å². The van der Waals surface area contributed by atoms with Crippen molar-refractivity contribution in [1.29, 1.82) is 0 Å². The van der Waals surface area contributed by atoms with Gasteiger partial charge in [-0.2, -0.15) is 0 Å². The molecule has 1 aromatic rings. The highest BCUT2D eigenvalue weighted by Gasteiger charge is 2.26. The number of rotatable bonds is 4. The molecule has 0 amide bonds. The van der Waals surface area contributed by atoms with E-state index >= 15 is 0 Å². The zero-order chi connectivity index (χ0) is 10.7. The topological polar surface area (TPSA) is 29.0 Å². The van der Waals surface area contributed by atoms with E-state index in [0.29, 0.717) is 6.04 Å². The van der Waals surface area contributed by atoms with E-state index < -0.39 is 0 Å². The zero-order valence-corrected chi connectivity index (χ0v) is 12.1. The summed E-state index contributed by atoms with van der Waals surface area (Å²) in [6.07, 6.45) is 7.66. The second-order valence-electron chi connectivity index (χ2n) is 3.67. The summed E-state index contributed by atoms with van der Waals surface area (Å²) < 4.78 is 1.09. The van der Waals surface area contributed by atoms with Gasteiger partial charge >= 0.3 is 0 Å². The van der Waals surface area contributed by atoms with Crippen LogP contribution in [0.2, 0.25) is 0 Å². The summed E-state index contributed by atoms with van der Waals surface area (Å²) >= 11 is 5.71. The maximum Gasteiger partial charge on any atom is 0.225 e. The van der Waals surface area contributed by atoms with Gasteiger partial charge in [-0.15, -0.1) is 0 Å². The average molecular weight is 382 g/mol. The highest BCUT2D eigenvalue weighted by molar-refractivity contribution is 14.1. The molecule has 0 atom stereocenters. The van der Waals surface area contributed by atoms with Crippen LogP contribution in [0.5, 0.6) is 0 Å². The summed E-state index contributed by atoms with van der Waals surface area (Å²) in [7, 11) is 0. The van der Waals surface area contributed by atoms with Crippen molar-refractivity contribution in [3.8, 4) is 0 Å². The van der Waals surface area contributed by atoms with Gasteiger partial charge < -0.3 is 4.90 Å². The van der Waals surface area contributed by atoms with E-state index in [4.69, 9.17) is 0 Å². The SMILES string of the molecule is BrCCN(c1ncc(I)cn1)C1CCC1. The maximum atomic E-state index is 4.39. The first-order chi connectivity index (χ1) is 7.31. The molecular formula is C10H13BrIN3. The van der Waals surface area contributed by atoms with E-state index in [0.717, 1.165) is 21.4 Å². The molecule has 1 aliphatic rings. The summed E-state index contributed by atoms with van der Waals surface area (Å²) in [6.45, 7) is 0.991. The molecule has 0 aliphatic heterocycles. The fourth-order valence-electron chi connectivity index (χ4n) is 1.69. The highest BCUT2D eigenvalue weighted by atomic mass is 127. The first-order valence-corrected chi connectivity index (χ1v) is 7.31. The summed E-state index contributed by atoms with van der Waals surface area (Å²) in [5.74, 6) is 0.875. The van der Waals surface area contributed by atoms with Gasteiger partial charge in [-0.1, -0.05) is 15.9 Å². The largest absolute Gasteiger partial charge is 0.337 e. The molecule has 0 saturated heterocycles. The molecular weight excluding hydrogens is 369 g/mol. The number of anilines is 1. The van der Waals surface area contributed by atoms with Crippen molar-refractivity contribution in [1.82, 2.24) is 9.97 Å². The molecule has 1 aromatic heterocycles. The predicted octanol–water partition coefficient (Wildman–Crippen LogP) is 2.84. The van der Waals surface area contributed by atoms with E-state index in [-0.39, 0.29) is 0 Å². The molecule has 1 heterocycles. The van der Waals surface area contributed by atoms with E-state index in [1.807, 2.05) is 12.4 Å². The van der Waals surface area contributed by atoms with Crippen molar-refractivity contribution in [2.75, 3.05) is 16.8 Å². The van der Waals surface area contributed by atoms with Crippen LogP contribution in [0.4, 0.5) is 5.95 Å². The van der Waals surface area contributed by atoms with E-state index in [9.17, 15) is 0 Å². The van der Waals surface area contributed by atoms with Crippen LogP contribution >= 0.6 is 38.5 Å². The Labute approximate surface area is 112 Å². The van der Waals surface area contributed by atoms with Crippen LogP contribution in [0.1, 0.15) is 19.3 Å². The van der Waals surface area contributed by atoms with Gasteiger partial charge in [0.1, 0.15) is 0 Å². The maximum absolute atomic E-state index is 4.39. The van der Waals surface area contributed by atoms with Crippen LogP contribution in [0.25, 0.3) is 0 Å². The van der Waals surface area contributed by atoms with Crippen molar-refractivity contribution >= 4 is 44.5 Å². The van der Waals surface area contributed by atoms with E-state index in [1.165, 1.54) is 19.3 Å². The molecule has 1 saturated carbocycles. The first-order valence-electron chi connectivity index (χ1n) is 5.11. The third-order valence-corrected chi connectivity index (χ3v) is 3.62. The van der Waals surface area contributed by atoms with Crippen LogP contribution in [0, 0.1) is 3.57 Å². The molecule has 0 unspecified atom stereocenters. The Morgan fingerprint density at radius 1 is 1.40 bits per heavy atom.